The predicted molar refractivity (Wildman–Crippen MR) is 120 cm³/mol. The van der Waals surface area contributed by atoms with Crippen molar-refractivity contribution in [1.29, 1.82) is 0 Å². The summed E-state index contributed by atoms with van der Waals surface area (Å²) in [7, 11) is 6.98. The molecule has 8 heteroatoms. The molecule has 4 rings (SSSR count). The molecule has 0 N–H and O–H groups in total. The van der Waals surface area contributed by atoms with Crippen molar-refractivity contribution in [1.82, 2.24) is 9.80 Å². The molecule has 0 spiro atoms. The van der Waals surface area contributed by atoms with E-state index in [0.29, 0.717) is 30.5 Å². The summed E-state index contributed by atoms with van der Waals surface area (Å²) in [4.78, 5) is 42.8. The van der Waals surface area contributed by atoms with E-state index in [-0.39, 0.29) is 35.6 Å². The molecule has 0 radical (unpaired) electrons. The Balaban J connectivity index is 1.68. The van der Waals surface area contributed by atoms with Crippen molar-refractivity contribution >= 4 is 17.7 Å². The van der Waals surface area contributed by atoms with Crippen molar-refractivity contribution in [2.75, 3.05) is 41.4 Å². The molecule has 1 amide bonds. The highest BCUT2D eigenvalue weighted by Gasteiger charge is 2.52. The summed E-state index contributed by atoms with van der Waals surface area (Å²) in [6.45, 7) is 1.32. The Hall–Kier alpha value is -2.71. The first-order valence-corrected chi connectivity index (χ1v) is 11.5. The number of methoxy groups -OCH3 is 2. The Labute approximate surface area is 194 Å². The fourth-order valence-corrected chi connectivity index (χ4v) is 5.15. The van der Waals surface area contributed by atoms with Gasteiger partial charge in [0.15, 0.2) is 11.5 Å². The van der Waals surface area contributed by atoms with E-state index in [4.69, 9.17) is 14.2 Å². The number of ether oxygens (including phenoxy) is 3. The van der Waals surface area contributed by atoms with E-state index in [9.17, 15) is 14.4 Å². The van der Waals surface area contributed by atoms with Gasteiger partial charge in [0.2, 0.25) is 0 Å². The van der Waals surface area contributed by atoms with Crippen molar-refractivity contribution < 1.29 is 28.6 Å². The average molecular weight is 457 g/mol. The third-order valence-electron chi connectivity index (χ3n) is 6.89. The predicted octanol–water partition coefficient (Wildman–Crippen LogP) is 2.35. The standard InChI is InChI=1S/C25H32N2O6/c1-26(2)12-5-13-27-21(15-6-8-16(9-7-15)25(30)32-4)20-22(28)18-11-10-17(31-3)14-19(18)33-23(20)24(27)29/h6-9,17-19,21H,5,10-14H2,1-4H3. The SMILES string of the molecule is COC(=O)c1ccc(C2C3=C(OC4CC(OC)CCC4C3=O)C(=O)N2CCCN(C)C)cc1. The van der Waals surface area contributed by atoms with E-state index >= 15 is 0 Å². The summed E-state index contributed by atoms with van der Waals surface area (Å²) >= 11 is 0. The zero-order chi connectivity index (χ0) is 23.7. The summed E-state index contributed by atoms with van der Waals surface area (Å²) < 4.78 is 16.5. The fraction of sp³-hybridized carbons (Fsp3) is 0.560. The second kappa shape index (κ2) is 9.65. The molecule has 3 aliphatic rings. The Morgan fingerprint density at radius 1 is 1.15 bits per heavy atom. The summed E-state index contributed by atoms with van der Waals surface area (Å²) in [5.41, 5.74) is 1.66. The normalized spacial score (nSPS) is 26.9. The average Bonchev–Trinajstić information content (AvgIpc) is 3.10. The number of rotatable bonds is 7. The Morgan fingerprint density at radius 3 is 2.52 bits per heavy atom. The van der Waals surface area contributed by atoms with Crippen molar-refractivity contribution in [2.45, 2.75) is 43.9 Å². The summed E-state index contributed by atoms with van der Waals surface area (Å²) in [6, 6.07) is 6.40. The van der Waals surface area contributed by atoms with Crippen LogP contribution in [0.1, 0.15) is 47.6 Å². The van der Waals surface area contributed by atoms with Crippen LogP contribution >= 0.6 is 0 Å². The van der Waals surface area contributed by atoms with Crippen LogP contribution in [0.5, 0.6) is 0 Å². The highest BCUT2D eigenvalue weighted by molar-refractivity contribution is 6.11. The lowest BCUT2D eigenvalue weighted by molar-refractivity contribution is -0.138. The maximum atomic E-state index is 13.7. The molecule has 33 heavy (non-hydrogen) atoms. The van der Waals surface area contributed by atoms with Crippen LogP contribution in [0.15, 0.2) is 35.6 Å². The Morgan fingerprint density at radius 2 is 1.88 bits per heavy atom. The molecule has 0 aromatic heterocycles. The van der Waals surface area contributed by atoms with Gasteiger partial charge in [-0.05, 0) is 57.6 Å². The maximum Gasteiger partial charge on any atom is 0.337 e. The number of nitrogens with zero attached hydrogens (tertiary/aromatic N) is 2. The largest absolute Gasteiger partial charge is 0.483 e. The third-order valence-corrected chi connectivity index (χ3v) is 6.89. The van der Waals surface area contributed by atoms with Gasteiger partial charge in [-0.25, -0.2) is 4.79 Å². The van der Waals surface area contributed by atoms with E-state index in [1.807, 2.05) is 14.1 Å². The van der Waals surface area contributed by atoms with Crippen molar-refractivity contribution in [3.63, 3.8) is 0 Å². The first-order chi connectivity index (χ1) is 15.8. The zero-order valence-electron chi connectivity index (χ0n) is 19.7. The van der Waals surface area contributed by atoms with E-state index in [1.54, 1.807) is 36.3 Å². The second-order valence-electron chi connectivity index (χ2n) is 9.21. The number of benzene rings is 1. The molecule has 4 atom stereocenters. The van der Waals surface area contributed by atoms with Gasteiger partial charge in [-0.3, -0.25) is 9.59 Å². The molecular weight excluding hydrogens is 424 g/mol. The molecule has 1 aromatic carbocycles. The molecule has 2 aliphatic heterocycles. The molecule has 2 heterocycles. The minimum absolute atomic E-state index is 0.00121. The molecule has 178 valence electrons. The van der Waals surface area contributed by atoms with E-state index in [1.165, 1.54) is 7.11 Å². The lowest BCUT2D eigenvalue weighted by Gasteiger charge is -2.38. The Kier molecular flexibility index (Phi) is 6.86. The number of Topliss-reactive ketones (excluding diaryl/α,β-unsaturated/α-hetero) is 1. The number of hydrogen-bond donors (Lipinski definition) is 0. The van der Waals surface area contributed by atoms with Crippen molar-refractivity contribution in [2.24, 2.45) is 5.92 Å². The monoisotopic (exact) mass is 456 g/mol. The second-order valence-corrected chi connectivity index (χ2v) is 9.21. The van der Waals surface area contributed by atoms with Crippen LogP contribution in [-0.2, 0) is 23.8 Å². The quantitative estimate of drug-likeness (QED) is 0.582. The van der Waals surface area contributed by atoms with Gasteiger partial charge in [0.05, 0.1) is 36.3 Å². The van der Waals surface area contributed by atoms with Crippen molar-refractivity contribution in [3.8, 4) is 0 Å². The lowest BCUT2D eigenvalue weighted by atomic mass is 9.76. The summed E-state index contributed by atoms with van der Waals surface area (Å²) in [5.74, 6) is -0.744. The van der Waals surface area contributed by atoms with E-state index in [0.717, 1.165) is 24.9 Å². The smallest absolute Gasteiger partial charge is 0.337 e. The first kappa shape index (κ1) is 23.4. The molecule has 4 unspecified atom stereocenters. The highest BCUT2D eigenvalue weighted by atomic mass is 16.5. The summed E-state index contributed by atoms with van der Waals surface area (Å²) in [5, 5.41) is 0. The molecule has 0 bridgehead atoms. The van der Waals surface area contributed by atoms with Gasteiger partial charge in [-0.2, -0.15) is 0 Å². The van der Waals surface area contributed by atoms with E-state index < -0.39 is 12.0 Å². The Bertz CT molecular complexity index is 954. The number of esters is 1. The number of ketones is 1. The van der Waals surface area contributed by atoms with Gasteiger partial charge in [-0.1, -0.05) is 12.1 Å². The zero-order valence-corrected chi connectivity index (χ0v) is 19.7. The fourth-order valence-electron chi connectivity index (χ4n) is 5.15. The van der Waals surface area contributed by atoms with Gasteiger partial charge >= 0.3 is 5.97 Å². The van der Waals surface area contributed by atoms with Crippen LogP contribution in [0.2, 0.25) is 0 Å². The van der Waals surface area contributed by atoms with Crippen LogP contribution in [0.4, 0.5) is 0 Å². The first-order valence-electron chi connectivity index (χ1n) is 11.5. The number of carbonyl (C=O) groups is 3. The third kappa shape index (κ3) is 4.42. The molecule has 0 saturated heterocycles. The number of carbonyl (C=O) groups excluding carboxylic acids is 3. The highest BCUT2D eigenvalue weighted by Crippen LogP contribution is 2.47. The molecule has 1 aliphatic carbocycles. The van der Waals surface area contributed by atoms with Gasteiger partial charge in [-0.15, -0.1) is 0 Å². The van der Waals surface area contributed by atoms with Crippen LogP contribution in [0.25, 0.3) is 0 Å². The molecule has 1 saturated carbocycles. The molecular formula is C25H32N2O6. The number of fused-ring (bicyclic) bond motifs is 1. The lowest BCUT2D eigenvalue weighted by Crippen LogP contribution is -2.43. The minimum Gasteiger partial charge on any atom is -0.483 e. The van der Waals surface area contributed by atoms with Gasteiger partial charge in [0.1, 0.15) is 6.10 Å². The van der Waals surface area contributed by atoms with Crippen molar-refractivity contribution in [3.05, 3.63) is 46.7 Å². The number of amides is 1. The van der Waals surface area contributed by atoms with E-state index in [2.05, 4.69) is 4.90 Å². The van der Waals surface area contributed by atoms with Crippen LogP contribution in [0.3, 0.4) is 0 Å². The van der Waals surface area contributed by atoms with Crippen LogP contribution in [-0.4, -0.2) is 81.1 Å². The van der Waals surface area contributed by atoms with Gasteiger partial charge < -0.3 is 24.0 Å². The van der Waals surface area contributed by atoms with Crippen LogP contribution < -0.4 is 0 Å². The molecule has 8 nitrogen and oxygen atoms in total. The van der Waals surface area contributed by atoms with Crippen LogP contribution in [0, 0.1) is 5.92 Å². The summed E-state index contributed by atoms with van der Waals surface area (Å²) in [6.07, 6.45) is 2.56. The number of hydrogen-bond acceptors (Lipinski definition) is 7. The van der Waals surface area contributed by atoms with Gasteiger partial charge in [0, 0.05) is 20.1 Å². The topological polar surface area (TPSA) is 85.4 Å². The van der Waals surface area contributed by atoms with Gasteiger partial charge in [0.25, 0.3) is 5.91 Å². The maximum absolute atomic E-state index is 13.7. The minimum atomic E-state index is -0.519. The molecule has 1 aromatic rings. The molecule has 1 fully saturated rings.